The van der Waals surface area contributed by atoms with E-state index in [1.165, 1.54) is 0 Å². The molecular formula is C13H9BrF2O. The van der Waals surface area contributed by atoms with Gasteiger partial charge < -0.3 is 4.74 Å². The highest BCUT2D eigenvalue weighted by Crippen LogP contribution is 2.22. The van der Waals surface area contributed by atoms with Gasteiger partial charge in [-0.15, -0.1) is 0 Å². The summed E-state index contributed by atoms with van der Waals surface area (Å²) in [5, 5.41) is 0. The van der Waals surface area contributed by atoms with E-state index in [1.54, 1.807) is 0 Å². The van der Waals surface area contributed by atoms with Crippen molar-refractivity contribution in [3.05, 3.63) is 64.1 Å². The largest absolute Gasteiger partial charge is 0.486 e. The number of benzene rings is 2. The number of ether oxygens (including phenoxy) is 1. The van der Waals surface area contributed by atoms with Crippen LogP contribution in [0.1, 0.15) is 5.56 Å². The Hall–Kier alpha value is -1.42. The molecule has 0 bridgehead atoms. The summed E-state index contributed by atoms with van der Waals surface area (Å²) in [5.74, 6) is -1.17. The number of hydrogen-bond donors (Lipinski definition) is 0. The second-order valence-electron chi connectivity index (χ2n) is 3.45. The van der Waals surface area contributed by atoms with Gasteiger partial charge in [0.25, 0.3) is 0 Å². The molecule has 0 fully saturated rings. The summed E-state index contributed by atoms with van der Waals surface area (Å²) in [4.78, 5) is 0. The zero-order chi connectivity index (χ0) is 12.3. The maximum atomic E-state index is 13.3. The third-order valence-electron chi connectivity index (χ3n) is 2.23. The molecule has 0 unspecified atom stereocenters. The molecule has 0 N–H and O–H groups in total. The van der Waals surface area contributed by atoms with Gasteiger partial charge in [-0.2, -0.15) is 0 Å². The lowest BCUT2D eigenvalue weighted by Crippen LogP contribution is -1.98. The van der Waals surface area contributed by atoms with Gasteiger partial charge in [-0.25, -0.2) is 8.78 Å². The molecule has 0 saturated carbocycles. The zero-order valence-electron chi connectivity index (χ0n) is 8.79. The van der Waals surface area contributed by atoms with Crippen LogP contribution in [0.5, 0.6) is 5.75 Å². The minimum absolute atomic E-state index is 0.0826. The molecule has 0 saturated heterocycles. The minimum atomic E-state index is -0.571. The van der Waals surface area contributed by atoms with Gasteiger partial charge in [0, 0.05) is 16.1 Å². The minimum Gasteiger partial charge on any atom is -0.486 e. The average Bonchev–Trinajstić information content (AvgIpc) is 2.32. The van der Waals surface area contributed by atoms with Crippen molar-refractivity contribution in [1.29, 1.82) is 0 Å². The Morgan fingerprint density at radius 3 is 2.59 bits per heavy atom. The van der Waals surface area contributed by atoms with E-state index in [9.17, 15) is 8.78 Å². The first kappa shape index (κ1) is 12.0. The summed E-state index contributed by atoms with van der Waals surface area (Å²) in [6.45, 7) is 0.182. The highest BCUT2D eigenvalue weighted by Gasteiger charge is 2.06. The Bertz CT molecular complexity index is 529. The van der Waals surface area contributed by atoms with Gasteiger partial charge in [-0.05, 0) is 18.2 Å². The molecule has 2 rings (SSSR count). The van der Waals surface area contributed by atoms with Gasteiger partial charge in [-0.3, -0.25) is 0 Å². The quantitative estimate of drug-likeness (QED) is 0.820. The van der Waals surface area contributed by atoms with Crippen LogP contribution in [-0.4, -0.2) is 0 Å². The van der Waals surface area contributed by atoms with Gasteiger partial charge in [0.05, 0.1) is 0 Å². The van der Waals surface area contributed by atoms with E-state index in [1.807, 2.05) is 24.3 Å². The molecule has 0 atom stereocenters. The Morgan fingerprint density at radius 2 is 1.82 bits per heavy atom. The van der Waals surface area contributed by atoms with E-state index in [-0.39, 0.29) is 12.4 Å². The summed E-state index contributed by atoms with van der Waals surface area (Å²) < 4.78 is 32.3. The van der Waals surface area contributed by atoms with Crippen LogP contribution in [0.2, 0.25) is 0 Å². The van der Waals surface area contributed by atoms with Crippen molar-refractivity contribution < 1.29 is 13.5 Å². The number of rotatable bonds is 3. The molecule has 88 valence electrons. The van der Waals surface area contributed by atoms with Gasteiger partial charge in [0.2, 0.25) is 0 Å². The molecule has 2 aromatic carbocycles. The van der Waals surface area contributed by atoms with E-state index in [4.69, 9.17) is 4.74 Å². The summed E-state index contributed by atoms with van der Waals surface area (Å²) in [7, 11) is 0. The predicted octanol–water partition coefficient (Wildman–Crippen LogP) is 4.31. The second kappa shape index (κ2) is 5.27. The normalized spacial score (nSPS) is 10.3. The standard InChI is InChI=1S/C13H9BrF2O/c14-11-4-2-1-3-9(11)8-17-13-7-10(15)5-6-12(13)16/h1-7H,8H2. The van der Waals surface area contributed by atoms with Crippen LogP contribution in [0, 0.1) is 11.6 Å². The van der Waals surface area contributed by atoms with Crippen LogP contribution in [0.3, 0.4) is 0 Å². The molecule has 0 aromatic heterocycles. The van der Waals surface area contributed by atoms with E-state index in [2.05, 4.69) is 15.9 Å². The monoisotopic (exact) mass is 298 g/mol. The Kier molecular flexibility index (Phi) is 3.74. The number of hydrogen-bond acceptors (Lipinski definition) is 1. The lowest BCUT2D eigenvalue weighted by atomic mass is 10.2. The van der Waals surface area contributed by atoms with Crippen molar-refractivity contribution in [2.24, 2.45) is 0 Å². The SMILES string of the molecule is Fc1ccc(F)c(OCc2ccccc2Br)c1. The van der Waals surface area contributed by atoms with Crippen LogP contribution in [0.15, 0.2) is 46.9 Å². The molecule has 0 aliphatic heterocycles. The van der Waals surface area contributed by atoms with E-state index in [0.29, 0.717) is 0 Å². The van der Waals surface area contributed by atoms with Gasteiger partial charge in [0.15, 0.2) is 11.6 Å². The fourth-order valence-corrected chi connectivity index (χ4v) is 1.76. The summed E-state index contributed by atoms with van der Waals surface area (Å²) in [6, 6.07) is 10.6. The second-order valence-corrected chi connectivity index (χ2v) is 4.31. The van der Waals surface area contributed by atoms with Crippen molar-refractivity contribution in [2.45, 2.75) is 6.61 Å². The third kappa shape index (κ3) is 3.03. The molecule has 0 heterocycles. The molecule has 1 nitrogen and oxygen atoms in total. The van der Waals surface area contributed by atoms with Crippen LogP contribution in [-0.2, 0) is 6.61 Å². The first-order chi connectivity index (χ1) is 8.16. The zero-order valence-corrected chi connectivity index (χ0v) is 10.4. The van der Waals surface area contributed by atoms with E-state index < -0.39 is 11.6 Å². The topological polar surface area (TPSA) is 9.23 Å². The van der Waals surface area contributed by atoms with Gasteiger partial charge in [-0.1, -0.05) is 34.1 Å². The van der Waals surface area contributed by atoms with E-state index >= 15 is 0 Å². The van der Waals surface area contributed by atoms with Crippen molar-refractivity contribution >= 4 is 15.9 Å². The fraction of sp³-hybridized carbons (Fsp3) is 0.0769. The highest BCUT2D eigenvalue weighted by molar-refractivity contribution is 9.10. The highest BCUT2D eigenvalue weighted by atomic mass is 79.9. The molecule has 17 heavy (non-hydrogen) atoms. The van der Waals surface area contributed by atoms with Crippen molar-refractivity contribution in [3.63, 3.8) is 0 Å². The van der Waals surface area contributed by atoms with Crippen LogP contribution < -0.4 is 4.74 Å². The van der Waals surface area contributed by atoms with Gasteiger partial charge >= 0.3 is 0 Å². The average molecular weight is 299 g/mol. The Balaban J connectivity index is 2.12. The summed E-state index contributed by atoms with van der Waals surface area (Å²) in [6.07, 6.45) is 0. The van der Waals surface area contributed by atoms with Crippen LogP contribution in [0.4, 0.5) is 8.78 Å². The molecule has 0 amide bonds. The molecule has 4 heteroatoms. The fourth-order valence-electron chi connectivity index (χ4n) is 1.36. The van der Waals surface area contributed by atoms with E-state index in [0.717, 1.165) is 28.2 Å². The van der Waals surface area contributed by atoms with Crippen molar-refractivity contribution in [3.8, 4) is 5.75 Å². The van der Waals surface area contributed by atoms with Crippen molar-refractivity contribution in [2.75, 3.05) is 0 Å². The summed E-state index contributed by atoms with van der Waals surface area (Å²) in [5.41, 5.74) is 0.871. The molecule has 2 aromatic rings. The third-order valence-corrected chi connectivity index (χ3v) is 3.01. The predicted molar refractivity (Wildman–Crippen MR) is 64.8 cm³/mol. The first-order valence-electron chi connectivity index (χ1n) is 4.98. The molecule has 0 aliphatic carbocycles. The lowest BCUT2D eigenvalue weighted by Gasteiger charge is -2.08. The maximum absolute atomic E-state index is 13.3. The molecule has 0 aliphatic rings. The first-order valence-corrected chi connectivity index (χ1v) is 5.77. The Morgan fingerprint density at radius 1 is 1.06 bits per heavy atom. The number of halogens is 3. The lowest BCUT2D eigenvalue weighted by molar-refractivity contribution is 0.288. The van der Waals surface area contributed by atoms with Crippen molar-refractivity contribution in [1.82, 2.24) is 0 Å². The van der Waals surface area contributed by atoms with Gasteiger partial charge in [0.1, 0.15) is 12.4 Å². The summed E-state index contributed by atoms with van der Waals surface area (Å²) >= 11 is 3.35. The Labute approximate surface area is 106 Å². The van der Waals surface area contributed by atoms with Crippen LogP contribution >= 0.6 is 15.9 Å². The molecule has 0 spiro atoms. The smallest absolute Gasteiger partial charge is 0.165 e. The molecule has 0 radical (unpaired) electrons. The van der Waals surface area contributed by atoms with Crippen LogP contribution in [0.25, 0.3) is 0 Å². The maximum Gasteiger partial charge on any atom is 0.165 e. The molecular weight excluding hydrogens is 290 g/mol.